The van der Waals surface area contributed by atoms with Gasteiger partial charge in [-0.3, -0.25) is 10.1 Å². The molecule has 0 saturated heterocycles. The number of benzene rings is 1. The summed E-state index contributed by atoms with van der Waals surface area (Å²) in [6.45, 7) is 2.00. The van der Waals surface area contributed by atoms with Crippen molar-refractivity contribution >= 4 is 21.6 Å². The smallest absolute Gasteiger partial charge is 0.283 e. The first kappa shape index (κ1) is 15.0. The van der Waals surface area contributed by atoms with Crippen LogP contribution in [0.2, 0.25) is 0 Å². The van der Waals surface area contributed by atoms with Crippen LogP contribution < -0.4 is 5.32 Å². The molecule has 0 fully saturated rings. The molecule has 18 heavy (non-hydrogen) atoms. The maximum atomic E-state index is 10.7. The van der Waals surface area contributed by atoms with Crippen LogP contribution in [0.25, 0.3) is 0 Å². The van der Waals surface area contributed by atoms with Gasteiger partial charge in [-0.05, 0) is 27.6 Å². The highest BCUT2D eigenvalue weighted by molar-refractivity contribution is 9.10. The number of ether oxygens (including phenoxy) is 1. The van der Waals surface area contributed by atoms with Crippen molar-refractivity contribution in [2.45, 2.75) is 6.54 Å². The van der Waals surface area contributed by atoms with E-state index in [1.54, 1.807) is 6.07 Å². The van der Waals surface area contributed by atoms with Crippen molar-refractivity contribution in [2.75, 3.05) is 26.4 Å². The Morgan fingerprint density at radius 2 is 2.22 bits per heavy atom. The summed E-state index contributed by atoms with van der Waals surface area (Å²) in [5, 5.41) is 22.3. The fourth-order valence-corrected chi connectivity index (χ4v) is 1.74. The topological polar surface area (TPSA) is 84.6 Å². The first-order chi connectivity index (χ1) is 8.65. The van der Waals surface area contributed by atoms with Crippen molar-refractivity contribution in [1.82, 2.24) is 5.32 Å². The number of nitrogens with zero attached hydrogens (tertiary/aromatic N) is 1. The molecule has 2 N–H and O–H groups in total. The molecule has 1 aromatic carbocycles. The summed E-state index contributed by atoms with van der Waals surface area (Å²) in [6, 6.07) is 5.02. The van der Waals surface area contributed by atoms with Gasteiger partial charge in [0, 0.05) is 19.2 Å². The minimum atomic E-state index is -0.419. The van der Waals surface area contributed by atoms with Gasteiger partial charge in [0.15, 0.2) is 0 Å². The zero-order valence-corrected chi connectivity index (χ0v) is 11.4. The average Bonchev–Trinajstić information content (AvgIpc) is 2.35. The average molecular weight is 319 g/mol. The lowest BCUT2D eigenvalue weighted by Gasteiger charge is -2.06. The molecule has 0 aliphatic carbocycles. The molecule has 0 atom stereocenters. The molecular formula is C11H15BrN2O4. The number of nitro groups is 1. The molecule has 6 nitrogen and oxygen atoms in total. The third-order valence-electron chi connectivity index (χ3n) is 2.20. The van der Waals surface area contributed by atoms with Crippen molar-refractivity contribution in [1.29, 1.82) is 0 Å². The second kappa shape index (κ2) is 8.15. The van der Waals surface area contributed by atoms with Crippen LogP contribution in [0.1, 0.15) is 5.56 Å². The fourth-order valence-electron chi connectivity index (χ4n) is 1.35. The van der Waals surface area contributed by atoms with Gasteiger partial charge >= 0.3 is 0 Å². The van der Waals surface area contributed by atoms with Gasteiger partial charge in [0.1, 0.15) is 0 Å². The van der Waals surface area contributed by atoms with Gasteiger partial charge in [-0.15, -0.1) is 0 Å². The van der Waals surface area contributed by atoms with Crippen LogP contribution >= 0.6 is 15.9 Å². The molecule has 7 heteroatoms. The van der Waals surface area contributed by atoms with E-state index in [0.29, 0.717) is 30.8 Å². The molecule has 0 saturated carbocycles. The minimum Gasteiger partial charge on any atom is -0.394 e. The fraction of sp³-hybridized carbons (Fsp3) is 0.455. The first-order valence-electron chi connectivity index (χ1n) is 5.47. The maximum absolute atomic E-state index is 10.7. The summed E-state index contributed by atoms with van der Waals surface area (Å²) in [6.07, 6.45) is 0. The Bertz CT molecular complexity index is 401. The predicted molar refractivity (Wildman–Crippen MR) is 70.4 cm³/mol. The highest BCUT2D eigenvalue weighted by Gasteiger charge is 2.11. The largest absolute Gasteiger partial charge is 0.394 e. The van der Waals surface area contributed by atoms with Crippen LogP contribution in [-0.2, 0) is 11.3 Å². The summed E-state index contributed by atoms with van der Waals surface area (Å²) in [5.41, 5.74) is 0.901. The first-order valence-corrected chi connectivity index (χ1v) is 6.26. The van der Waals surface area contributed by atoms with Crippen molar-refractivity contribution in [3.63, 3.8) is 0 Å². The maximum Gasteiger partial charge on any atom is 0.283 e. The van der Waals surface area contributed by atoms with Gasteiger partial charge < -0.3 is 15.2 Å². The number of nitro benzene ring substituents is 1. The summed E-state index contributed by atoms with van der Waals surface area (Å²) in [4.78, 5) is 10.3. The third-order valence-corrected chi connectivity index (χ3v) is 2.87. The molecule has 0 bridgehead atoms. The van der Waals surface area contributed by atoms with Crippen molar-refractivity contribution in [3.8, 4) is 0 Å². The van der Waals surface area contributed by atoms with E-state index in [0.717, 1.165) is 5.56 Å². The molecule has 1 aromatic rings. The van der Waals surface area contributed by atoms with Gasteiger partial charge in [-0.25, -0.2) is 0 Å². The molecule has 0 unspecified atom stereocenters. The van der Waals surface area contributed by atoms with Crippen molar-refractivity contribution in [3.05, 3.63) is 38.3 Å². The number of rotatable bonds is 8. The number of hydrogen-bond acceptors (Lipinski definition) is 5. The van der Waals surface area contributed by atoms with E-state index in [4.69, 9.17) is 9.84 Å². The van der Waals surface area contributed by atoms with E-state index in [1.807, 2.05) is 6.07 Å². The molecule has 0 aliphatic heterocycles. The van der Waals surface area contributed by atoms with E-state index in [1.165, 1.54) is 6.07 Å². The van der Waals surface area contributed by atoms with Gasteiger partial charge in [-0.2, -0.15) is 0 Å². The summed E-state index contributed by atoms with van der Waals surface area (Å²) in [7, 11) is 0. The highest BCUT2D eigenvalue weighted by atomic mass is 79.9. The van der Waals surface area contributed by atoms with Crippen LogP contribution in [0.3, 0.4) is 0 Å². The minimum absolute atomic E-state index is 0.0128. The number of halogens is 1. The SMILES string of the molecule is O=[N+]([O-])c1cc(CNCCOCCO)ccc1Br. The van der Waals surface area contributed by atoms with Crippen LogP contribution in [0.5, 0.6) is 0 Å². The van der Waals surface area contributed by atoms with Gasteiger partial charge in [0.05, 0.1) is 29.2 Å². The van der Waals surface area contributed by atoms with Crippen molar-refractivity contribution in [2.24, 2.45) is 0 Å². The second-order valence-corrected chi connectivity index (χ2v) is 4.41. The zero-order chi connectivity index (χ0) is 13.4. The lowest BCUT2D eigenvalue weighted by Crippen LogP contribution is -2.20. The number of hydrogen-bond donors (Lipinski definition) is 2. The van der Waals surface area contributed by atoms with E-state index in [9.17, 15) is 10.1 Å². The van der Waals surface area contributed by atoms with Crippen LogP contribution in [0, 0.1) is 10.1 Å². The Balaban J connectivity index is 2.38. The Morgan fingerprint density at radius 1 is 1.44 bits per heavy atom. The van der Waals surface area contributed by atoms with E-state index >= 15 is 0 Å². The zero-order valence-electron chi connectivity index (χ0n) is 9.76. The summed E-state index contributed by atoms with van der Waals surface area (Å²) in [5.74, 6) is 0. The number of nitrogens with one attached hydrogen (secondary N) is 1. The number of aliphatic hydroxyl groups excluding tert-OH is 1. The second-order valence-electron chi connectivity index (χ2n) is 3.56. The van der Waals surface area contributed by atoms with Crippen LogP contribution in [0.15, 0.2) is 22.7 Å². The lowest BCUT2D eigenvalue weighted by atomic mass is 10.2. The molecule has 0 aromatic heterocycles. The molecule has 0 aliphatic rings. The van der Waals surface area contributed by atoms with Gasteiger partial charge in [0.25, 0.3) is 5.69 Å². The highest BCUT2D eigenvalue weighted by Crippen LogP contribution is 2.25. The van der Waals surface area contributed by atoms with Gasteiger partial charge in [0.2, 0.25) is 0 Å². The Kier molecular flexibility index (Phi) is 6.81. The lowest BCUT2D eigenvalue weighted by molar-refractivity contribution is -0.385. The van der Waals surface area contributed by atoms with E-state index < -0.39 is 4.92 Å². The molecule has 0 heterocycles. The predicted octanol–water partition coefficient (Wildman–Crippen LogP) is 1.46. The number of aliphatic hydroxyl groups is 1. The Morgan fingerprint density at radius 3 is 2.89 bits per heavy atom. The third kappa shape index (κ3) is 5.09. The van der Waals surface area contributed by atoms with Crippen LogP contribution in [-0.4, -0.2) is 36.4 Å². The van der Waals surface area contributed by atoms with Crippen LogP contribution in [0.4, 0.5) is 5.69 Å². The van der Waals surface area contributed by atoms with E-state index in [-0.39, 0.29) is 12.3 Å². The summed E-state index contributed by atoms with van der Waals surface area (Å²) >= 11 is 3.14. The quantitative estimate of drug-likeness (QED) is 0.430. The molecular weight excluding hydrogens is 304 g/mol. The standard InChI is InChI=1S/C11H15BrN2O4/c12-10-2-1-9(7-11(10)14(16)17)8-13-3-5-18-6-4-15/h1-2,7,13,15H,3-6,8H2. The monoisotopic (exact) mass is 318 g/mol. The Labute approximate surface area is 113 Å². The molecule has 1 rings (SSSR count). The van der Waals surface area contributed by atoms with Gasteiger partial charge in [-0.1, -0.05) is 6.07 Å². The molecule has 0 amide bonds. The van der Waals surface area contributed by atoms with Crippen molar-refractivity contribution < 1.29 is 14.8 Å². The molecule has 100 valence electrons. The molecule has 0 spiro atoms. The van der Waals surface area contributed by atoms with E-state index in [2.05, 4.69) is 21.2 Å². The Hall–Kier alpha value is -1.02. The molecule has 0 radical (unpaired) electrons. The summed E-state index contributed by atoms with van der Waals surface area (Å²) < 4.78 is 5.55. The normalized spacial score (nSPS) is 10.6.